The molecule has 0 aliphatic carbocycles. The number of amides is 1. The summed E-state index contributed by atoms with van der Waals surface area (Å²) in [5, 5.41) is 11.9. The predicted molar refractivity (Wildman–Crippen MR) is 70.3 cm³/mol. The molecule has 0 radical (unpaired) electrons. The highest BCUT2D eigenvalue weighted by atomic mass is 16.5. The lowest BCUT2D eigenvalue weighted by molar-refractivity contribution is -0.122. The lowest BCUT2D eigenvalue weighted by Gasteiger charge is -2.10. The molecule has 0 saturated heterocycles. The summed E-state index contributed by atoms with van der Waals surface area (Å²) >= 11 is 0. The number of anilines is 1. The van der Waals surface area contributed by atoms with Crippen molar-refractivity contribution in [3.05, 3.63) is 24.3 Å². The first kappa shape index (κ1) is 14.3. The normalized spacial score (nSPS) is 11.9. The van der Waals surface area contributed by atoms with Crippen LogP contribution in [0.2, 0.25) is 0 Å². The highest BCUT2D eigenvalue weighted by molar-refractivity contribution is 5.76. The van der Waals surface area contributed by atoms with Crippen molar-refractivity contribution in [1.29, 1.82) is 0 Å². The summed E-state index contributed by atoms with van der Waals surface area (Å²) in [4.78, 5) is 11.4. The number of nitrogens with one attached hydrogen (secondary N) is 1. The third-order valence-electron chi connectivity index (χ3n) is 2.46. The average Bonchev–Trinajstić information content (AvgIpc) is 2.36. The number of carbonyl (C=O) groups is 1. The maximum absolute atomic E-state index is 11.4. The summed E-state index contributed by atoms with van der Waals surface area (Å²) in [6, 6.07) is 7.06. The van der Waals surface area contributed by atoms with Crippen LogP contribution in [-0.4, -0.2) is 30.3 Å². The van der Waals surface area contributed by atoms with Crippen LogP contribution in [0.15, 0.2) is 24.3 Å². The molecule has 0 aliphatic rings. The summed E-state index contributed by atoms with van der Waals surface area (Å²) in [7, 11) is 0. The molecule has 100 valence electrons. The number of nitrogens with two attached hydrogens (primary N) is 1. The Morgan fingerprint density at radius 1 is 1.56 bits per heavy atom. The average molecular weight is 252 g/mol. The van der Waals surface area contributed by atoms with Gasteiger partial charge in [0.15, 0.2) is 0 Å². The largest absolute Gasteiger partial charge is 0.493 e. The second-order valence-electron chi connectivity index (χ2n) is 4.04. The standard InChI is InChI=1S/C13H20N2O3/c1-2-11(16)9-15-13(17)6-7-18-12-5-3-4-10(14)8-12/h3-5,8,11,16H,2,6-7,9,14H2,1H3,(H,15,17). The zero-order valence-corrected chi connectivity index (χ0v) is 10.6. The topological polar surface area (TPSA) is 84.6 Å². The van der Waals surface area contributed by atoms with E-state index in [-0.39, 0.29) is 25.5 Å². The van der Waals surface area contributed by atoms with E-state index in [1.807, 2.05) is 6.92 Å². The molecule has 1 amide bonds. The molecule has 18 heavy (non-hydrogen) atoms. The van der Waals surface area contributed by atoms with Gasteiger partial charge in [0, 0.05) is 18.3 Å². The van der Waals surface area contributed by atoms with E-state index in [9.17, 15) is 9.90 Å². The second-order valence-corrected chi connectivity index (χ2v) is 4.04. The first-order valence-corrected chi connectivity index (χ1v) is 6.05. The molecule has 1 aromatic carbocycles. The number of aliphatic hydroxyl groups excluding tert-OH is 1. The van der Waals surface area contributed by atoms with E-state index in [0.717, 1.165) is 0 Å². The second kappa shape index (κ2) is 7.55. The number of aliphatic hydroxyl groups is 1. The fraction of sp³-hybridized carbons (Fsp3) is 0.462. The van der Waals surface area contributed by atoms with Crippen LogP contribution < -0.4 is 15.8 Å². The maximum Gasteiger partial charge on any atom is 0.223 e. The number of benzene rings is 1. The van der Waals surface area contributed by atoms with Crippen LogP contribution >= 0.6 is 0 Å². The number of nitrogen functional groups attached to an aromatic ring is 1. The van der Waals surface area contributed by atoms with Crippen LogP contribution in [-0.2, 0) is 4.79 Å². The van der Waals surface area contributed by atoms with Crippen LogP contribution in [0.3, 0.4) is 0 Å². The van der Waals surface area contributed by atoms with Crippen LogP contribution in [0.1, 0.15) is 19.8 Å². The van der Waals surface area contributed by atoms with Crippen LogP contribution in [0, 0.1) is 0 Å². The molecular formula is C13H20N2O3. The first-order chi connectivity index (χ1) is 8.61. The Balaban J connectivity index is 2.19. The maximum atomic E-state index is 11.4. The Hall–Kier alpha value is -1.75. The highest BCUT2D eigenvalue weighted by Gasteiger charge is 2.05. The van der Waals surface area contributed by atoms with Crippen molar-refractivity contribution in [2.75, 3.05) is 18.9 Å². The third kappa shape index (κ3) is 5.54. The molecule has 0 aromatic heterocycles. The summed E-state index contributed by atoms with van der Waals surface area (Å²) < 4.78 is 5.39. The Labute approximate surface area is 107 Å². The Bertz CT molecular complexity index is 382. The van der Waals surface area contributed by atoms with Crippen LogP contribution in [0.4, 0.5) is 5.69 Å². The molecule has 0 heterocycles. The molecule has 0 fully saturated rings. The highest BCUT2D eigenvalue weighted by Crippen LogP contribution is 2.14. The van der Waals surface area contributed by atoms with Gasteiger partial charge in [-0.25, -0.2) is 0 Å². The van der Waals surface area contributed by atoms with E-state index in [0.29, 0.717) is 17.9 Å². The molecule has 1 rings (SSSR count). The SMILES string of the molecule is CCC(O)CNC(=O)CCOc1cccc(N)c1. The molecule has 0 saturated carbocycles. The lowest BCUT2D eigenvalue weighted by Crippen LogP contribution is -2.32. The van der Waals surface area contributed by atoms with Crippen molar-refractivity contribution in [2.45, 2.75) is 25.9 Å². The van der Waals surface area contributed by atoms with E-state index >= 15 is 0 Å². The fourth-order valence-electron chi connectivity index (χ4n) is 1.33. The zero-order valence-electron chi connectivity index (χ0n) is 10.6. The number of hydrogen-bond donors (Lipinski definition) is 3. The quantitative estimate of drug-likeness (QED) is 0.630. The number of rotatable bonds is 7. The molecule has 0 bridgehead atoms. The summed E-state index contributed by atoms with van der Waals surface area (Å²) in [6.45, 7) is 2.44. The van der Waals surface area contributed by atoms with Gasteiger partial charge in [0.05, 0.1) is 19.1 Å². The molecule has 5 nitrogen and oxygen atoms in total. The van der Waals surface area contributed by atoms with E-state index in [1.165, 1.54) is 0 Å². The van der Waals surface area contributed by atoms with Gasteiger partial charge in [0.2, 0.25) is 5.91 Å². The van der Waals surface area contributed by atoms with Gasteiger partial charge in [-0.05, 0) is 18.6 Å². The van der Waals surface area contributed by atoms with Gasteiger partial charge in [0.25, 0.3) is 0 Å². The molecular weight excluding hydrogens is 232 g/mol. The van der Waals surface area contributed by atoms with Gasteiger partial charge in [-0.15, -0.1) is 0 Å². The predicted octanol–water partition coefficient (Wildman–Crippen LogP) is 0.925. The van der Waals surface area contributed by atoms with Crippen molar-refractivity contribution < 1.29 is 14.6 Å². The molecule has 0 spiro atoms. The van der Waals surface area contributed by atoms with Crippen molar-refractivity contribution in [3.8, 4) is 5.75 Å². The van der Waals surface area contributed by atoms with Crippen molar-refractivity contribution >= 4 is 11.6 Å². The molecule has 1 unspecified atom stereocenters. The molecule has 0 aliphatic heterocycles. The minimum absolute atomic E-state index is 0.133. The molecule has 1 aromatic rings. The minimum atomic E-state index is -0.483. The summed E-state index contributed by atoms with van der Waals surface area (Å²) in [6.07, 6.45) is 0.398. The van der Waals surface area contributed by atoms with Crippen LogP contribution in [0.5, 0.6) is 5.75 Å². The zero-order chi connectivity index (χ0) is 13.4. The number of ether oxygens (including phenoxy) is 1. The lowest BCUT2D eigenvalue weighted by atomic mass is 10.3. The monoisotopic (exact) mass is 252 g/mol. The Kier molecular flexibility index (Phi) is 6.00. The van der Waals surface area contributed by atoms with E-state index in [4.69, 9.17) is 10.5 Å². The Morgan fingerprint density at radius 3 is 3.00 bits per heavy atom. The van der Waals surface area contributed by atoms with Gasteiger partial charge in [-0.3, -0.25) is 4.79 Å². The first-order valence-electron chi connectivity index (χ1n) is 6.05. The van der Waals surface area contributed by atoms with Gasteiger partial charge in [-0.1, -0.05) is 13.0 Å². The Morgan fingerprint density at radius 2 is 2.33 bits per heavy atom. The van der Waals surface area contributed by atoms with Gasteiger partial charge in [-0.2, -0.15) is 0 Å². The summed E-state index contributed by atoms with van der Waals surface area (Å²) in [5.41, 5.74) is 6.23. The molecule has 4 N–H and O–H groups in total. The van der Waals surface area contributed by atoms with Gasteiger partial charge < -0.3 is 20.9 Å². The van der Waals surface area contributed by atoms with Crippen molar-refractivity contribution in [2.24, 2.45) is 0 Å². The van der Waals surface area contributed by atoms with E-state index < -0.39 is 6.10 Å². The number of carbonyl (C=O) groups excluding carboxylic acids is 1. The van der Waals surface area contributed by atoms with Gasteiger partial charge in [0.1, 0.15) is 5.75 Å². The third-order valence-corrected chi connectivity index (χ3v) is 2.46. The smallest absolute Gasteiger partial charge is 0.223 e. The van der Waals surface area contributed by atoms with Crippen LogP contribution in [0.25, 0.3) is 0 Å². The van der Waals surface area contributed by atoms with E-state index in [2.05, 4.69) is 5.32 Å². The number of hydrogen-bond acceptors (Lipinski definition) is 4. The molecule has 5 heteroatoms. The van der Waals surface area contributed by atoms with Crippen molar-refractivity contribution in [3.63, 3.8) is 0 Å². The van der Waals surface area contributed by atoms with Crippen molar-refractivity contribution in [1.82, 2.24) is 5.32 Å². The molecule has 1 atom stereocenters. The summed E-state index contributed by atoms with van der Waals surface area (Å²) in [5.74, 6) is 0.516. The van der Waals surface area contributed by atoms with E-state index in [1.54, 1.807) is 24.3 Å². The van der Waals surface area contributed by atoms with Gasteiger partial charge >= 0.3 is 0 Å². The fourth-order valence-corrected chi connectivity index (χ4v) is 1.33. The minimum Gasteiger partial charge on any atom is -0.493 e.